The Bertz CT molecular complexity index is 1340. The number of fused-ring (bicyclic) bond motifs is 1. The molecule has 1 aliphatic heterocycles. The zero-order chi connectivity index (χ0) is 23.0. The van der Waals surface area contributed by atoms with Gasteiger partial charge in [-0.15, -0.1) is 11.3 Å². The third-order valence-corrected chi connectivity index (χ3v) is 8.73. The molecule has 1 saturated heterocycles. The quantitative estimate of drug-likeness (QED) is 0.527. The average molecular weight is 476 g/mol. The number of carbonyl (C=O) groups excluding carboxylic acids is 1. The van der Waals surface area contributed by atoms with Gasteiger partial charge in [-0.1, -0.05) is 6.07 Å². The molecule has 2 aromatic heterocycles. The number of rotatable bonds is 5. The van der Waals surface area contributed by atoms with Crippen molar-refractivity contribution in [2.75, 3.05) is 13.1 Å². The van der Waals surface area contributed by atoms with E-state index < -0.39 is 16.0 Å². The number of nitrogens with zero attached hydrogens (tertiary/aromatic N) is 3. The van der Waals surface area contributed by atoms with E-state index in [1.54, 1.807) is 18.2 Å². The number of carbonyl (C=O) groups is 1. The minimum Gasteiger partial charge on any atom is -0.459 e. The number of sulfonamides is 1. The highest BCUT2D eigenvalue weighted by atomic mass is 32.2. The first kappa shape index (κ1) is 22.6. The highest BCUT2D eigenvalue weighted by Crippen LogP contribution is 2.26. The summed E-state index contributed by atoms with van der Waals surface area (Å²) in [5.41, 5.74) is 2.97. The number of aromatic nitrogens is 2. The van der Waals surface area contributed by atoms with Gasteiger partial charge in [0.05, 0.1) is 16.5 Å². The Labute approximate surface area is 190 Å². The van der Waals surface area contributed by atoms with Gasteiger partial charge >= 0.3 is 5.97 Å². The number of aryl methyl sites for hydroxylation is 3. The fraction of sp³-hybridized carbons (Fsp3) is 0.409. The Kier molecular flexibility index (Phi) is 6.19. The third-order valence-electron chi connectivity index (χ3n) is 5.89. The molecule has 0 bridgehead atoms. The molecule has 0 unspecified atom stereocenters. The third kappa shape index (κ3) is 4.35. The van der Waals surface area contributed by atoms with Crippen LogP contribution >= 0.6 is 11.3 Å². The minimum atomic E-state index is -3.59. The number of piperidine rings is 1. The van der Waals surface area contributed by atoms with E-state index in [-0.39, 0.29) is 36.1 Å². The predicted octanol–water partition coefficient (Wildman–Crippen LogP) is 2.83. The molecule has 1 fully saturated rings. The van der Waals surface area contributed by atoms with Crippen molar-refractivity contribution >= 4 is 32.3 Å². The van der Waals surface area contributed by atoms with Gasteiger partial charge in [0.15, 0.2) is 4.96 Å². The van der Waals surface area contributed by atoms with E-state index in [2.05, 4.69) is 4.98 Å². The number of benzene rings is 1. The highest BCUT2D eigenvalue weighted by molar-refractivity contribution is 7.89. The molecule has 0 N–H and O–H groups in total. The molecule has 170 valence electrons. The van der Waals surface area contributed by atoms with E-state index in [4.69, 9.17) is 4.74 Å². The maximum Gasteiger partial charge on any atom is 0.309 e. The van der Waals surface area contributed by atoms with Gasteiger partial charge in [-0.2, -0.15) is 4.31 Å². The van der Waals surface area contributed by atoms with Crippen LogP contribution in [0.25, 0.3) is 4.96 Å². The molecule has 1 aliphatic rings. The van der Waals surface area contributed by atoms with Gasteiger partial charge < -0.3 is 4.74 Å². The van der Waals surface area contributed by atoms with Gasteiger partial charge in [-0.3, -0.25) is 14.0 Å². The van der Waals surface area contributed by atoms with E-state index in [0.717, 1.165) is 16.8 Å². The molecule has 0 saturated carbocycles. The highest BCUT2D eigenvalue weighted by Gasteiger charge is 2.33. The monoisotopic (exact) mass is 475 g/mol. The molecular formula is C22H25N3O5S2. The van der Waals surface area contributed by atoms with Crippen LogP contribution in [0.4, 0.5) is 0 Å². The molecular weight excluding hydrogens is 450 g/mol. The fourth-order valence-electron chi connectivity index (χ4n) is 3.79. The van der Waals surface area contributed by atoms with Crippen molar-refractivity contribution in [2.24, 2.45) is 5.92 Å². The second-order valence-electron chi connectivity index (χ2n) is 8.11. The molecule has 1 aromatic carbocycles. The summed E-state index contributed by atoms with van der Waals surface area (Å²) < 4.78 is 34.2. The molecule has 3 heterocycles. The Balaban J connectivity index is 1.36. The first-order valence-corrected chi connectivity index (χ1v) is 12.7. The summed E-state index contributed by atoms with van der Waals surface area (Å²) in [7, 11) is -3.59. The fourth-order valence-corrected chi connectivity index (χ4v) is 6.24. The molecule has 4 rings (SSSR count). The number of hydrogen-bond donors (Lipinski definition) is 0. The Morgan fingerprint density at radius 1 is 1.16 bits per heavy atom. The standard InChI is InChI=1S/C22H25N3O5S2/c1-14-4-5-19(10-15(14)2)32(28,29)24-8-6-17(7-9-24)21(27)30-12-18-11-20(26)25-16(3)13-31-22(25)23-18/h4-5,10-11,13,17H,6-9,12H2,1-3H3. The van der Waals surface area contributed by atoms with Crippen LogP contribution in [0.3, 0.4) is 0 Å². The first-order chi connectivity index (χ1) is 15.2. The lowest BCUT2D eigenvalue weighted by Crippen LogP contribution is -2.40. The largest absolute Gasteiger partial charge is 0.459 e. The van der Waals surface area contributed by atoms with Gasteiger partial charge in [-0.05, 0) is 56.9 Å². The van der Waals surface area contributed by atoms with E-state index in [1.807, 2.05) is 26.2 Å². The maximum absolute atomic E-state index is 12.9. The smallest absolute Gasteiger partial charge is 0.309 e. The predicted molar refractivity (Wildman–Crippen MR) is 121 cm³/mol. The van der Waals surface area contributed by atoms with Gasteiger partial charge in [0.25, 0.3) is 5.56 Å². The van der Waals surface area contributed by atoms with Crippen molar-refractivity contribution in [3.05, 3.63) is 62.5 Å². The molecule has 3 aromatic rings. The van der Waals surface area contributed by atoms with E-state index >= 15 is 0 Å². The summed E-state index contributed by atoms with van der Waals surface area (Å²) in [6.07, 6.45) is 0.782. The van der Waals surface area contributed by atoms with Crippen LogP contribution in [0.1, 0.15) is 35.4 Å². The second kappa shape index (κ2) is 8.76. The zero-order valence-corrected chi connectivity index (χ0v) is 19.8. The summed E-state index contributed by atoms with van der Waals surface area (Å²) in [6, 6.07) is 6.49. The molecule has 10 heteroatoms. The number of esters is 1. The Morgan fingerprint density at radius 3 is 2.56 bits per heavy atom. The molecule has 0 amide bonds. The molecule has 0 radical (unpaired) electrons. The Hall–Kier alpha value is -2.56. The number of hydrogen-bond acceptors (Lipinski definition) is 7. The normalized spacial score (nSPS) is 15.8. The van der Waals surface area contributed by atoms with Gasteiger partial charge in [0, 0.05) is 30.2 Å². The van der Waals surface area contributed by atoms with E-state index in [9.17, 15) is 18.0 Å². The van der Waals surface area contributed by atoms with Crippen molar-refractivity contribution in [1.82, 2.24) is 13.7 Å². The zero-order valence-electron chi connectivity index (χ0n) is 18.2. The summed E-state index contributed by atoms with van der Waals surface area (Å²) >= 11 is 1.36. The summed E-state index contributed by atoms with van der Waals surface area (Å²) in [5.74, 6) is -0.771. The van der Waals surface area contributed by atoms with E-state index in [1.165, 1.54) is 26.1 Å². The second-order valence-corrected chi connectivity index (χ2v) is 10.9. The van der Waals surface area contributed by atoms with Crippen LogP contribution in [-0.2, 0) is 26.2 Å². The summed E-state index contributed by atoms with van der Waals surface area (Å²) in [5, 5.41) is 1.85. The maximum atomic E-state index is 12.9. The van der Waals surface area contributed by atoms with Gasteiger partial charge in [-0.25, -0.2) is 13.4 Å². The SMILES string of the molecule is Cc1ccc(S(=O)(=O)N2CCC(C(=O)OCc3cc(=O)n4c(C)csc4n3)CC2)cc1C. The minimum absolute atomic E-state index is 0.0807. The van der Waals surface area contributed by atoms with Crippen molar-refractivity contribution in [1.29, 1.82) is 0 Å². The van der Waals surface area contributed by atoms with Crippen LogP contribution in [0.15, 0.2) is 39.3 Å². The molecule has 0 aliphatic carbocycles. The van der Waals surface area contributed by atoms with Crippen LogP contribution in [0.2, 0.25) is 0 Å². The first-order valence-electron chi connectivity index (χ1n) is 10.4. The lowest BCUT2D eigenvalue weighted by molar-refractivity contribution is -0.151. The summed E-state index contributed by atoms with van der Waals surface area (Å²) in [6.45, 7) is 6.09. The molecule has 0 atom stereocenters. The van der Waals surface area contributed by atoms with Gasteiger partial charge in [0.1, 0.15) is 6.61 Å². The lowest BCUT2D eigenvalue weighted by Gasteiger charge is -2.30. The molecule has 32 heavy (non-hydrogen) atoms. The van der Waals surface area contributed by atoms with Gasteiger partial charge in [0.2, 0.25) is 10.0 Å². The van der Waals surface area contributed by atoms with Crippen molar-refractivity contribution in [3.8, 4) is 0 Å². The summed E-state index contributed by atoms with van der Waals surface area (Å²) in [4.78, 5) is 30.0. The average Bonchev–Trinajstić information content (AvgIpc) is 3.15. The van der Waals surface area contributed by atoms with Crippen LogP contribution < -0.4 is 5.56 Å². The van der Waals surface area contributed by atoms with Crippen molar-refractivity contribution in [3.63, 3.8) is 0 Å². The van der Waals surface area contributed by atoms with E-state index in [0.29, 0.717) is 23.5 Å². The molecule has 0 spiro atoms. The van der Waals surface area contributed by atoms with Crippen molar-refractivity contribution < 1.29 is 17.9 Å². The van der Waals surface area contributed by atoms with Crippen molar-refractivity contribution in [2.45, 2.75) is 45.1 Å². The number of ether oxygens (including phenoxy) is 1. The lowest BCUT2D eigenvalue weighted by atomic mass is 9.98. The van der Waals surface area contributed by atoms with Crippen LogP contribution in [-0.4, -0.2) is 41.2 Å². The molecule has 8 nitrogen and oxygen atoms in total. The number of thiazole rings is 1. The van der Waals surface area contributed by atoms with Crippen LogP contribution in [0, 0.1) is 26.7 Å². The Morgan fingerprint density at radius 2 is 1.88 bits per heavy atom. The topological polar surface area (TPSA) is 98.0 Å². The van der Waals surface area contributed by atoms with Crippen LogP contribution in [0.5, 0.6) is 0 Å².